The molecule has 1 heterocycles. The highest BCUT2D eigenvalue weighted by atomic mass is 79.9. The summed E-state index contributed by atoms with van der Waals surface area (Å²) >= 11 is 3.21. The smallest absolute Gasteiger partial charge is 0.344 e. The van der Waals surface area contributed by atoms with Crippen molar-refractivity contribution >= 4 is 21.7 Å². The molecule has 1 aliphatic carbocycles. The summed E-state index contributed by atoms with van der Waals surface area (Å²) < 4.78 is 38.2. The Morgan fingerprint density at radius 3 is 2.56 bits per heavy atom. The molecule has 100 valence electrons. The van der Waals surface area contributed by atoms with E-state index in [0.29, 0.717) is 22.7 Å². The quantitative estimate of drug-likeness (QED) is 0.796. The lowest BCUT2D eigenvalue weighted by Crippen LogP contribution is -2.36. The monoisotopic (exact) mass is 323 g/mol. The number of hydrogen-bond acceptors (Lipinski definition) is 3. The van der Waals surface area contributed by atoms with E-state index >= 15 is 0 Å². The highest BCUT2D eigenvalue weighted by molar-refractivity contribution is 9.10. The van der Waals surface area contributed by atoms with Gasteiger partial charge in [0, 0.05) is 18.5 Å². The third kappa shape index (κ3) is 3.57. The summed E-state index contributed by atoms with van der Waals surface area (Å²) in [6.07, 6.45) is -2.04. The van der Waals surface area contributed by atoms with Gasteiger partial charge in [-0.1, -0.05) is 6.92 Å². The highest BCUT2D eigenvalue weighted by Gasteiger charge is 2.39. The van der Waals surface area contributed by atoms with Crippen molar-refractivity contribution in [3.63, 3.8) is 0 Å². The average Bonchev–Trinajstić information content (AvgIpc) is 3.07. The topological polar surface area (TPSA) is 29.0 Å². The standard InChI is InChI=1S/C11H13BrF3N3/c1-2-9-16-8(12)5-10(17-9)18(7-3-4-7)6-11(13,14)15/h5,7H,2-4,6H2,1H3. The first kappa shape index (κ1) is 13.6. The lowest BCUT2D eigenvalue weighted by atomic mass is 10.4. The number of rotatable bonds is 4. The number of anilines is 1. The molecule has 1 aliphatic rings. The van der Waals surface area contributed by atoms with Crippen molar-refractivity contribution in [2.45, 2.75) is 38.4 Å². The van der Waals surface area contributed by atoms with Gasteiger partial charge in [0.25, 0.3) is 0 Å². The minimum atomic E-state index is -4.22. The van der Waals surface area contributed by atoms with E-state index < -0.39 is 12.7 Å². The van der Waals surface area contributed by atoms with Gasteiger partial charge in [-0.3, -0.25) is 0 Å². The van der Waals surface area contributed by atoms with E-state index in [0.717, 1.165) is 12.8 Å². The van der Waals surface area contributed by atoms with E-state index in [1.165, 1.54) is 4.90 Å². The predicted octanol–water partition coefficient (Wildman–Crippen LogP) is 3.33. The van der Waals surface area contributed by atoms with E-state index in [1.807, 2.05) is 6.92 Å². The van der Waals surface area contributed by atoms with Gasteiger partial charge in [-0.2, -0.15) is 13.2 Å². The number of aryl methyl sites for hydroxylation is 1. The number of hydrogen-bond donors (Lipinski definition) is 0. The van der Waals surface area contributed by atoms with E-state index in [1.54, 1.807) is 6.07 Å². The van der Waals surface area contributed by atoms with Crippen molar-refractivity contribution in [3.05, 3.63) is 16.5 Å². The molecule has 3 nitrogen and oxygen atoms in total. The first-order valence-corrected chi connectivity index (χ1v) is 6.55. The fraction of sp³-hybridized carbons (Fsp3) is 0.636. The van der Waals surface area contributed by atoms with Crippen LogP contribution >= 0.6 is 15.9 Å². The van der Waals surface area contributed by atoms with E-state index in [2.05, 4.69) is 25.9 Å². The summed E-state index contributed by atoms with van der Waals surface area (Å²) in [5.74, 6) is 0.903. The molecule has 0 aromatic carbocycles. The molecule has 1 saturated carbocycles. The summed E-state index contributed by atoms with van der Waals surface area (Å²) in [6, 6.07) is 1.50. The molecule has 0 aliphatic heterocycles. The van der Waals surface area contributed by atoms with Crippen LogP contribution in [0.3, 0.4) is 0 Å². The van der Waals surface area contributed by atoms with Gasteiger partial charge < -0.3 is 4.90 Å². The maximum atomic E-state index is 12.6. The van der Waals surface area contributed by atoms with Crippen LogP contribution in [-0.4, -0.2) is 28.7 Å². The van der Waals surface area contributed by atoms with Gasteiger partial charge >= 0.3 is 6.18 Å². The summed E-state index contributed by atoms with van der Waals surface area (Å²) in [5.41, 5.74) is 0. The van der Waals surface area contributed by atoms with Crippen molar-refractivity contribution in [2.24, 2.45) is 0 Å². The van der Waals surface area contributed by atoms with Crippen LogP contribution in [0.2, 0.25) is 0 Å². The van der Waals surface area contributed by atoms with Crippen LogP contribution in [0.4, 0.5) is 19.0 Å². The molecule has 0 saturated heterocycles. The van der Waals surface area contributed by atoms with Crippen LogP contribution in [0.5, 0.6) is 0 Å². The minimum absolute atomic E-state index is 0.0434. The van der Waals surface area contributed by atoms with Crippen LogP contribution in [0.15, 0.2) is 10.7 Å². The second-order valence-corrected chi connectivity index (χ2v) is 5.11. The highest BCUT2D eigenvalue weighted by Crippen LogP contribution is 2.34. The Labute approximate surface area is 112 Å². The molecule has 0 unspecified atom stereocenters. The molecular formula is C11H13BrF3N3. The second-order valence-electron chi connectivity index (χ2n) is 4.29. The third-order valence-electron chi connectivity index (χ3n) is 2.68. The Kier molecular flexibility index (Phi) is 3.79. The van der Waals surface area contributed by atoms with E-state index in [4.69, 9.17) is 0 Å². The van der Waals surface area contributed by atoms with Crippen molar-refractivity contribution in [1.29, 1.82) is 0 Å². The average molecular weight is 324 g/mol. The molecule has 0 N–H and O–H groups in total. The van der Waals surface area contributed by atoms with Gasteiger partial charge in [-0.05, 0) is 28.8 Å². The van der Waals surface area contributed by atoms with Crippen LogP contribution in [-0.2, 0) is 6.42 Å². The molecule has 7 heteroatoms. The summed E-state index contributed by atoms with van der Waals surface area (Å²) in [7, 11) is 0. The molecule has 2 rings (SSSR count). The molecule has 0 bridgehead atoms. The van der Waals surface area contributed by atoms with Gasteiger partial charge in [-0.25, -0.2) is 9.97 Å². The van der Waals surface area contributed by atoms with Gasteiger partial charge in [0.1, 0.15) is 22.8 Å². The maximum Gasteiger partial charge on any atom is 0.405 e. The third-order valence-corrected chi connectivity index (χ3v) is 3.08. The molecule has 0 radical (unpaired) electrons. The predicted molar refractivity (Wildman–Crippen MR) is 65.5 cm³/mol. The Hall–Kier alpha value is -0.850. The number of halogens is 4. The Morgan fingerprint density at radius 2 is 2.06 bits per heavy atom. The van der Waals surface area contributed by atoms with Crippen molar-refractivity contribution in [2.75, 3.05) is 11.4 Å². The first-order chi connectivity index (χ1) is 8.39. The van der Waals surface area contributed by atoms with Crippen molar-refractivity contribution in [1.82, 2.24) is 9.97 Å². The lowest BCUT2D eigenvalue weighted by molar-refractivity contribution is -0.120. The first-order valence-electron chi connectivity index (χ1n) is 5.76. The van der Waals surface area contributed by atoms with Crippen LogP contribution in [0.1, 0.15) is 25.6 Å². The van der Waals surface area contributed by atoms with Crippen LogP contribution < -0.4 is 4.90 Å². The molecule has 1 aromatic heterocycles. The Bertz CT molecular complexity index is 432. The zero-order valence-electron chi connectivity index (χ0n) is 9.84. The Morgan fingerprint density at radius 1 is 1.39 bits per heavy atom. The summed E-state index contributed by atoms with van der Waals surface area (Å²) in [4.78, 5) is 9.62. The Balaban J connectivity index is 2.27. The number of aromatic nitrogens is 2. The molecule has 0 spiro atoms. The molecule has 1 aromatic rings. The summed E-state index contributed by atoms with van der Waals surface area (Å²) in [6.45, 7) is 0.918. The normalized spacial score (nSPS) is 15.8. The van der Waals surface area contributed by atoms with Crippen LogP contribution in [0.25, 0.3) is 0 Å². The van der Waals surface area contributed by atoms with Gasteiger partial charge in [0.05, 0.1) is 0 Å². The molecular weight excluding hydrogens is 311 g/mol. The second kappa shape index (κ2) is 5.03. The number of alkyl halides is 3. The van der Waals surface area contributed by atoms with Gasteiger partial charge in [0.2, 0.25) is 0 Å². The molecule has 18 heavy (non-hydrogen) atoms. The van der Waals surface area contributed by atoms with Crippen molar-refractivity contribution in [3.8, 4) is 0 Å². The van der Waals surface area contributed by atoms with Crippen LogP contribution in [0, 0.1) is 0 Å². The summed E-state index contributed by atoms with van der Waals surface area (Å²) in [5, 5.41) is 0. The van der Waals surface area contributed by atoms with E-state index in [9.17, 15) is 13.2 Å². The maximum absolute atomic E-state index is 12.6. The van der Waals surface area contributed by atoms with Gasteiger partial charge in [-0.15, -0.1) is 0 Å². The van der Waals surface area contributed by atoms with Crippen molar-refractivity contribution < 1.29 is 13.2 Å². The zero-order chi connectivity index (χ0) is 13.3. The molecule has 0 amide bonds. The fourth-order valence-electron chi connectivity index (χ4n) is 1.73. The number of nitrogens with zero attached hydrogens (tertiary/aromatic N) is 3. The van der Waals surface area contributed by atoms with Gasteiger partial charge in [0.15, 0.2) is 0 Å². The zero-order valence-corrected chi connectivity index (χ0v) is 11.4. The largest absolute Gasteiger partial charge is 0.405 e. The fourth-order valence-corrected chi connectivity index (χ4v) is 2.14. The lowest BCUT2D eigenvalue weighted by Gasteiger charge is -2.25. The molecule has 0 atom stereocenters. The molecule has 1 fully saturated rings. The SMILES string of the molecule is CCc1nc(Br)cc(N(CC(F)(F)F)C2CC2)n1. The van der Waals surface area contributed by atoms with E-state index in [-0.39, 0.29) is 6.04 Å². The minimum Gasteiger partial charge on any atom is -0.344 e.